The van der Waals surface area contributed by atoms with Gasteiger partial charge in [-0.3, -0.25) is 4.79 Å². The molecule has 2 saturated heterocycles. The topological polar surface area (TPSA) is 208 Å². The SMILES string of the molecule is CCCCCCC(=O)NCCO[C@H]1O[C@H](CO)[C@@H](O)[C@H](O)[C@@H]1O[C@H]1O[C@H](CO)[C@@H](O)[C@H](O)[C@@H]1O. The summed E-state index contributed by atoms with van der Waals surface area (Å²) in [5.41, 5.74) is 0. The second-order valence-corrected chi connectivity index (χ2v) is 8.54. The second-order valence-electron chi connectivity index (χ2n) is 8.54. The summed E-state index contributed by atoms with van der Waals surface area (Å²) >= 11 is 0. The first-order valence-corrected chi connectivity index (χ1v) is 11.7. The van der Waals surface area contributed by atoms with Crippen LogP contribution in [0.2, 0.25) is 0 Å². The predicted octanol–water partition coefficient (Wildman–Crippen LogP) is -3.29. The van der Waals surface area contributed by atoms with Crippen LogP contribution in [-0.4, -0.2) is 129 Å². The van der Waals surface area contributed by atoms with Gasteiger partial charge in [0.15, 0.2) is 12.6 Å². The third kappa shape index (κ3) is 7.77. The molecule has 2 aliphatic rings. The van der Waals surface area contributed by atoms with Gasteiger partial charge in [0.1, 0.15) is 48.8 Å². The number of aliphatic hydroxyl groups excluding tert-OH is 7. The van der Waals surface area contributed by atoms with Gasteiger partial charge in [-0.1, -0.05) is 26.2 Å². The number of ether oxygens (including phenoxy) is 4. The van der Waals surface area contributed by atoms with Gasteiger partial charge >= 0.3 is 0 Å². The van der Waals surface area contributed by atoms with Crippen LogP contribution in [0.25, 0.3) is 0 Å². The molecule has 2 rings (SSSR count). The number of nitrogens with one attached hydrogen (secondary N) is 1. The number of unbranched alkanes of at least 4 members (excludes halogenated alkanes) is 3. The standard InChI is InChI=1S/C21H39NO12/c1-2-3-4-5-6-13(25)22-7-8-31-21-19(17(29)15(27)12(10-24)33-21)34-20-18(30)16(28)14(26)11(9-23)32-20/h11-12,14-21,23-24,26-30H,2-10H2,1H3,(H,22,25)/t11-,12-,14-,15-,16+,17+,18+,19+,20-,21+/m1/s1. The van der Waals surface area contributed by atoms with Crippen LogP contribution < -0.4 is 5.32 Å². The molecule has 0 aliphatic carbocycles. The van der Waals surface area contributed by atoms with E-state index in [1.54, 1.807) is 0 Å². The van der Waals surface area contributed by atoms with Crippen LogP contribution in [0.3, 0.4) is 0 Å². The lowest BCUT2D eigenvalue weighted by Gasteiger charge is -2.45. The molecule has 0 radical (unpaired) electrons. The minimum atomic E-state index is -1.75. The van der Waals surface area contributed by atoms with Crippen molar-refractivity contribution >= 4 is 5.91 Å². The Labute approximate surface area is 198 Å². The smallest absolute Gasteiger partial charge is 0.220 e. The average molecular weight is 498 g/mol. The van der Waals surface area contributed by atoms with Gasteiger partial charge in [-0.05, 0) is 6.42 Å². The predicted molar refractivity (Wildman–Crippen MR) is 114 cm³/mol. The molecule has 10 atom stereocenters. The van der Waals surface area contributed by atoms with Crippen molar-refractivity contribution in [1.82, 2.24) is 5.32 Å². The van der Waals surface area contributed by atoms with E-state index >= 15 is 0 Å². The number of carbonyl (C=O) groups is 1. The van der Waals surface area contributed by atoms with Crippen molar-refractivity contribution in [3.05, 3.63) is 0 Å². The second kappa shape index (κ2) is 14.6. The first kappa shape index (κ1) is 29.3. The summed E-state index contributed by atoms with van der Waals surface area (Å²) in [6.45, 7) is 0.847. The molecular weight excluding hydrogens is 458 g/mol. The van der Waals surface area contributed by atoms with Gasteiger partial charge in [-0.25, -0.2) is 0 Å². The molecule has 13 nitrogen and oxygen atoms in total. The van der Waals surface area contributed by atoms with E-state index in [0.29, 0.717) is 6.42 Å². The maximum atomic E-state index is 11.9. The Morgan fingerprint density at radius 3 is 2.06 bits per heavy atom. The lowest BCUT2D eigenvalue weighted by atomic mass is 9.97. The van der Waals surface area contributed by atoms with Crippen LogP contribution in [0.5, 0.6) is 0 Å². The molecule has 2 aliphatic heterocycles. The van der Waals surface area contributed by atoms with Crippen molar-refractivity contribution in [2.45, 2.75) is 100 Å². The van der Waals surface area contributed by atoms with Crippen LogP contribution in [0, 0.1) is 0 Å². The van der Waals surface area contributed by atoms with E-state index in [-0.39, 0.29) is 19.1 Å². The number of carbonyl (C=O) groups excluding carboxylic acids is 1. The first-order chi connectivity index (χ1) is 16.2. The highest BCUT2D eigenvalue weighted by Crippen LogP contribution is 2.29. The van der Waals surface area contributed by atoms with Gasteiger partial charge in [0, 0.05) is 13.0 Å². The summed E-state index contributed by atoms with van der Waals surface area (Å²) in [5, 5.41) is 72.3. The zero-order chi connectivity index (χ0) is 25.3. The van der Waals surface area contributed by atoms with Crippen LogP contribution in [0.1, 0.15) is 39.0 Å². The molecule has 0 unspecified atom stereocenters. The molecule has 0 saturated carbocycles. The van der Waals surface area contributed by atoms with Gasteiger partial charge in [0.25, 0.3) is 0 Å². The Balaban J connectivity index is 1.95. The highest BCUT2D eigenvalue weighted by atomic mass is 16.8. The summed E-state index contributed by atoms with van der Waals surface area (Å²) < 4.78 is 21.9. The fraction of sp³-hybridized carbons (Fsp3) is 0.952. The molecule has 200 valence electrons. The molecule has 0 spiro atoms. The van der Waals surface area contributed by atoms with E-state index in [4.69, 9.17) is 18.9 Å². The van der Waals surface area contributed by atoms with Gasteiger partial charge < -0.3 is 60.0 Å². The molecule has 2 heterocycles. The third-order valence-electron chi connectivity index (χ3n) is 5.93. The highest BCUT2D eigenvalue weighted by molar-refractivity contribution is 5.75. The fourth-order valence-corrected chi connectivity index (χ4v) is 3.84. The van der Waals surface area contributed by atoms with Crippen molar-refractivity contribution in [2.75, 3.05) is 26.4 Å². The molecular formula is C21H39NO12. The zero-order valence-corrected chi connectivity index (χ0v) is 19.3. The van der Waals surface area contributed by atoms with Crippen LogP contribution in [0.4, 0.5) is 0 Å². The van der Waals surface area contributed by atoms with Crippen molar-refractivity contribution in [2.24, 2.45) is 0 Å². The number of hydrogen-bond acceptors (Lipinski definition) is 12. The van der Waals surface area contributed by atoms with Crippen LogP contribution in [-0.2, 0) is 23.7 Å². The molecule has 13 heteroatoms. The van der Waals surface area contributed by atoms with E-state index < -0.39 is 74.6 Å². The maximum Gasteiger partial charge on any atom is 0.220 e. The van der Waals surface area contributed by atoms with Crippen molar-refractivity contribution in [3.8, 4) is 0 Å². The van der Waals surface area contributed by atoms with Gasteiger partial charge in [0.05, 0.1) is 19.8 Å². The minimum Gasteiger partial charge on any atom is -0.394 e. The lowest BCUT2D eigenvalue weighted by Crippen LogP contribution is -2.64. The Hall–Kier alpha value is -0.970. The number of aliphatic hydroxyl groups is 7. The summed E-state index contributed by atoms with van der Waals surface area (Å²) in [6.07, 6.45) is -10.8. The van der Waals surface area contributed by atoms with Crippen molar-refractivity contribution < 1.29 is 59.5 Å². The molecule has 0 aromatic carbocycles. The quantitative estimate of drug-likeness (QED) is 0.118. The molecule has 34 heavy (non-hydrogen) atoms. The fourth-order valence-electron chi connectivity index (χ4n) is 3.84. The molecule has 2 fully saturated rings. The molecule has 0 aromatic heterocycles. The molecule has 1 amide bonds. The zero-order valence-electron chi connectivity index (χ0n) is 19.3. The number of hydrogen-bond donors (Lipinski definition) is 8. The lowest BCUT2D eigenvalue weighted by molar-refractivity contribution is -0.367. The Morgan fingerprint density at radius 1 is 0.824 bits per heavy atom. The van der Waals surface area contributed by atoms with Crippen molar-refractivity contribution in [1.29, 1.82) is 0 Å². The van der Waals surface area contributed by atoms with Gasteiger partial charge in [-0.15, -0.1) is 0 Å². The molecule has 8 N–H and O–H groups in total. The van der Waals surface area contributed by atoms with Crippen LogP contribution >= 0.6 is 0 Å². The van der Waals surface area contributed by atoms with Gasteiger partial charge in [-0.2, -0.15) is 0 Å². The molecule has 0 bridgehead atoms. The Morgan fingerprint density at radius 2 is 1.44 bits per heavy atom. The van der Waals surface area contributed by atoms with Gasteiger partial charge in [0.2, 0.25) is 5.91 Å². The van der Waals surface area contributed by atoms with E-state index in [0.717, 1.165) is 25.7 Å². The van der Waals surface area contributed by atoms with E-state index in [1.165, 1.54) is 0 Å². The van der Waals surface area contributed by atoms with Crippen LogP contribution in [0.15, 0.2) is 0 Å². The monoisotopic (exact) mass is 497 g/mol. The summed E-state index contributed by atoms with van der Waals surface area (Å²) in [5.74, 6) is -0.137. The Bertz CT molecular complexity index is 596. The third-order valence-corrected chi connectivity index (χ3v) is 5.93. The van der Waals surface area contributed by atoms with E-state index in [2.05, 4.69) is 12.2 Å². The summed E-state index contributed by atoms with van der Waals surface area (Å²) in [4.78, 5) is 11.9. The average Bonchev–Trinajstić information content (AvgIpc) is 2.83. The highest BCUT2D eigenvalue weighted by Gasteiger charge is 2.50. The maximum absolute atomic E-state index is 11.9. The number of rotatable bonds is 13. The summed E-state index contributed by atoms with van der Waals surface area (Å²) in [7, 11) is 0. The van der Waals surface area contributed by atoms with E-state index in [9.17, 15) is 40.5 Å². The first-order valence-electron chi connectivity index (χ1n) is 11.7. The number of amides is 1. The summed E-state index contributed by atoms with van der Waals surface area (Å²) in [6, 6.07) is 0. The largest absolute Gasteiger partial charge is 0.394 e. The minimum absolute atomic E-state index is 0.0547. The van der Waals surface area contributed by atoms with Crippen molar-refractivity contribution in [3.63, 3.8) is 0 Å². The Kier molecular flexibility index (Phi) is 12.5. The van der Waals surface area contributed by atoms with E-state index in [1.807, 2.05) is 0 Å². The normalized spacial score (nSPS) is 38.6. The molecule has 0 aromatic rings.